The number of hydrogen-bond donors (Lipinski definition) is 1. The lowest BCUT2D eigenvalue weighted by molar-refractivity contribution is 0.0632. The summed E-state index contributed by atoms with van der Waals surface area (Å²) < 4.78 is 13.4. The Labute approximate surface area is 175 Å². The van der Waals surface area contributed by atoms with Gasteiger partial charge < -0.3 is 18.7 Å². The molecular weight excluding hydrogens is 398 g/mol. The second-order valence-electron chi connectivity index (χ2n) is 7.42. The van der Waals surface area contributed by atoms with Crippen LogP contribution in [0.2, 0.25) is 0 Å². The van der Waals surface area contributed by atoms with Crippen molar-refractivity contribution in [3.8, 4) is 11.5 Å². The lowest BCUT2D eigenvalue weighted by Gasteiger charge is -2.32. The monoisotopic (exact) mass is 415 g/mol. The number of imidazole rings is 1. The van der Waals surface area contributed by atoms with E-state index in [4.69, 9.17) is 8.83 Å². The molecular formula is C21H17N7O3. The Morgan fingerprint density at radius 2 is 2.13 bits per heavy atom. The van der Waals surface area contributed by atoms with Crippen LogP contribution in [0, 0.1) is 0 Å². The number of rotatable bonds is 3. The van der Waals surface area contributed by atoms with Gasteiger partial charge >= 0.3 is 11.8 Å². The van der Waals surface area contributed by atoms with E-state index in [1.54, 1.807) is 35.4 Å². The number of aromatic nitrogens is 6. The van der Waals surface area contributed by atoms with E-state index in [9.17, 15) is 4.79 Å². The summed E-state index contributed by atoms with van der Waals surface area (Å²) >= 11 is 0. The van der Waals surface area contributed by atoms with Crippen LogP contribution in [-0.2, 0) is 13.5 Å². The van der Waals surface area contributed by atoms with Gasteiger partial charge in [-0.2, -0.15) is 5.10 Å². The second kappa shape index (κ2) is 6.66. The van der Waals surface area contributed by atoms with Crippen molar-refractivity contribution in [3.05, 3.63) is 72.1 Å². The largest absolute Gasteiger partial charge is 0.458 e. The van der Waals surface area contributed by atoms with Crippen molar-refractivity contribution in [2.24, 2.45) is 7.05 Å². The van der Waals surface area contributed by atoms with Gasteiger partial charge in [0.05, 0.1) is 23.8 Å². The normalized spacial score (nSPS) is 16.0. The number of para-hydroxylation sites is 1. The molecule has 5 aromatic rings. The highest BCUT2D eigenvalue weighted by atomic mass is 16.4. The first kappa shape index (κ1) is 17.6. The number of carbonyl (C=O) groups is 1. The predicted octanol–water partition coefficient (Wildman–Crippen LogP) is 2.73. The van der Waals surface area contributed by atoms with E-state index in [0.29, 0.717) is 24.3 Å². The van der Waals surface area contributed by atoms with Gasteiger partial charge in [-0.05, 0) is 12.1 Å². The molecule has 31 heavy (non-hydrogen) atoms. The number of fused-ring (bicyclic) bond motifs is 2. The van der Waals surface area contributed by atoms with Crippen LogP contribution in [0.15, 0.2) is 57.9 Å². The number of amides is 1. The average molecular weight is 415 g/mol. The Morgan fingerprint density at radius 1 is 1.23 bits per heavy atom. The molecule has 1 aliphatic rings. The van der Waals surface area contributed by atoms with E-state index >= 15 is 0 Å². The molecule has 0 spiro atoms. The van der Waals surface area contributed by atoms with Crippen LogP contribution in [0.1, 0.15) is 33.9 Å². The molecule has 0 saturated heterocycles. The number of nitrogens with zero attached hydrogens (tertiary/aromatic N) is 6. The number of aryl methyl sites for hydroxylation is 1. The van der Waals surface area contributed by atoms with Crippen LogP contribution in [0.3, 0.4) is 0 Å². The minimum Gasteiger partial charge on any atom is -0.458 e. The molecule has 0 unspecified atom stereocenters. The third-order valence-corrected chi connectivity index (χ3v) is 5.46. The first-order valence-corrected chi connectivity index (χ1v) is 9.81. The molecule has 0 saturated carbocycles. The quantitative estimate of drug-likeness (QED) is 0.481. The lowest BCUT2D eigenvalue weighted by atomic mass is 10.00. The summed E-state index contributed by atoms with van der Waals surface area (Å²) in [6.07, 6.45) is 5.63. The molecule has 1 N–H and O–H groups in total. The number of furan rings is 1. The van der Waals surface area contributed by atoms with Crippen molar-refractivity contribution < 1.29 is 13.6 Å². The minimum atomic E-state index is -0.497. The number of nitrogens with one attached hydrogen (secondary N) is 1. The molecule has 0 aliphatic carbocycles. The van der Waals surface area contributed by atoms with Crippen LogP contribution in [-0.4, -0.2) is 47.3 Å². The number of H-pyrrole nitrogens is 1. The number of benzene rings is 1. The van der Waals surface area contributed by atoms with Gasteiger partial charge in [0.15, 0.2) is 0 Å². The molecule has 4 aromatic heterocycles. The topological polar surface area (TPSA) is 119 Å². The summed E-state index contributed by atoms with van der Waals surface area (Å²) in [4.78, 5) is 22.7. The van der Waals surface area contributed by atoms with Crippen molar-refractivity contribution in [1.82, 2.24) is 34.8 Å². The van der Waals surface area contributed by atoms with Crippen LogP contribution >= 0.6 is 0 Å². The molecule has 1 atom stereocenters. The summed E-state index contributed by atoms with van der Waals surface area (Å²) in [5, 5.41) is 13.1. The average Bonchev–Trinajstić information content (AvgIpc) is 3.57. The maximum atomic E-state index is 13.4. The van der Waals surface area contributed by atoms with Gasteiger partial charge in [0.25, 0.3) is 5.89 Å². The molecule has 5 heterocycles. The maximum absolute atomic E-state index is 13.4. The molecule has 0 bridgehead atoms. The minimum absolute atomic E-state index is 0.0843. The van der Waals surface area contributed by atoms with E-state index in [0.717, 1.165) is 22.4 Å². The molecule has 154 valence electrons. The Hall–Kier alpha value is -4.21. The highest BCUT2D eigenvalue weighted by molar-refractivity contribution is 5.90. The fraction of sp³-hybridized carbons (Fsp3) is 0.190. The molecule has 1 aromatic carbocycles. The SMILES string of the molecule is Cn1cc(-c2nnc(C(=O)N3CCc4[nH]cnc4[C@H]3c3cc4ccccc4o3)o2)cn1. The second-order valence-corrected chi connectivity index (χ2v) is 7.42. The van der Waals surface area contributed by atoms with Crippen molar-refractivity contribution in [2.45, 2.75) is 12.5 Å². The molecule has 10 nitrogen and oxygen atoms in total. The Bertz CT molecular complexity index is 1380. The van der Waals surface area contributed by atoms with Gasteiger partial charge in [-0.1, -0.05) is 18.2 Å². The summed E-state index contributed by atoms with van der Waals surface area (Å²) in [5.74, 6) is 0.421. The predicted molar refractivity (Wildman–Crippen MR) is 108 cm³/mol. The molecule has 0 radical (unpaired) electrons. The molecule has 0 fully saturated rings. The van der Waals surface area contributed by atoms with Crippen LogP contribution < -0.4 is 0 Å². The van der Waals surface area contributed by atoms with E-state index in [1.165, 1.54) is 0 Å². The van der Waals surface area contributed by atoms with Crippen molar-refractivity contribution in [1.29, 1.82) is 0 Å². The zero-order chi connectivity index (χ0) is 20.9. The third kappa shape index (κ3) is 2.83. The van der Waals surface area contributed by atoms with Crippen molar-refractivity contribution >= 4 is 16.9 Å². The highest BCUT2D eigenvalue weighted by Crippen LogP contribution is 2.37. The molecule has 6 rings (SSSR count). The van der Waals surface area contributed by atoms with Gasteiger partial charge in [0.2, 0.25) is 0 Å². The fourth-order valence-electron chi connectivity index (χ4n) is 4.00. The third-order valence-electron chi connectivity index (χ3n) is 5.46. The van der Waals surface area contributed by atoms with Gasteiger partial charge in [-0.3, -0.25) is 9.48 Å². The van der Waals surface area contributed by atoms with Crippen molar-refractivity contribution in [2.75, 3.05) is 6.54 Å². The maximum Gasteiger partial charge on any atom is 0.312 e. The van der Waals surface area contributed by atoms with E-state index in [2.05, 4.69) is 25.3 Å². The van der Waals surface area contributed by atoms with Crippen LogP contribution in [0.5, 0.6) is 0 Å². The number of aromatic amines is 1. The standard InChI is InChI=1S/C21H17N7O3/c1-27-10-13(9-24-27)19-25-26-20(31-19)21(29)28-7-6-14-17(23-11-22-14)18(28)16-8-12-4-2-3-5-15(12)30-16/h2-5,8-11,18H,6-7H2,1H3,(H,22,23)/t18-/m1/s1. The van der Waals surface area contributed by atoms with Crippen LogP contribution in [0.4, 0.5) is 0 Å². The van der Waals surface area contributed by atoms with Crippen molar-refractivity contribution in [3.63, 3.8) is 0 Å². The summed E-state index contributed by atoms with van der Waals surface area (Å²) in [6, 6.07) is 9.18. The summed E-state index contributed by atoms with van der Waals surface area (Å²) in [7, 11) is 1.79. The van der Waals surface area contributed by atoms with E-state index < -0.39 is 6.04 Å². The Morgan fingerprint density at radius 3 is 2.97 bits per heavy atom. The van der Waals surface area contributed by atoms with Gasteiger partial charge in [0.1, 0.15) is 17.4 Å². The Balaban J connectivity index is 1.40. The fourth-order valence-corrected chi connectivity index (χ4v) is 4.00. The smallest absolute Gasteiger partial charge is 0.312 e. The first-order chi connectivity index (χ1) is 15.2. The molecule has 1 aliphatic heterocycles. The summed E-state index contributed by atoms with van der Waals surface area (Å²) in [5.41, 5.74) is 3.14. The number of carbonyl (C=O) groups excluding carboxylic acids is 1. The van der Waals surface area contributed by atoms with E-state index in [-0.39, 0.29) is 17.7 Å². The zero-order valence-electron chi connectivity index (χ0n) is 16.5. The van der Waals surface area contributed by atoms with Gasteiger partial charge in [0, 0.05) is 37.3 Å². The zero-order valence-corrected chi connectivity index (χ0v) is 16.5. The molecule has 10 heteroatoms. The Kier molecular flexibility index (Phi) is 3.79. The van der Waals surface area contributed by atoms with Gasteiger partial charge in [-0.15, -0.1) is 10.2 Å². The lowest BCUT2D eigenvalue weighted by Crippen LogP contribution is -2.40. The van der Waals surface area contributed by atoms with Gasteiger partial charge in [-0.25, -0.2) is 4.98 Å². The van der Waals surface area contributed by atoms with E-state index in [1.807, 2.05) is 30.3 Å². The van der Waals surface area contributed by atoms with Crippen LogP contribution in [0.25, 0.3) is 22.4 Å². The molecule has 1 amide bonds. The summed E-state index contributed by atoms with van der Waals surface area (Å²) in [6.45, 7) is 0.459. The first-order valence-electron chi connectivity index (χ1n) is 9.81. The highest BCUT2D eigenvalue weighted by Gasteiger charge is 2.38. The number of hydrogen-bond acceptors (Lipinski definition) is 7.